The fraction of sp³-hybridized carbons (Fsp3) is 0.905. The topological polar surface area (TPSA) is 73.9 Å². The summed E-state index contributed by atoms with van der Waals surface area (Å²) in [4.78, 5) is 29.8. The van der Waals surface area contributed by atoms with E-state index in [0.717, 1.165) is 65.1 Å². The number of carbonyl (C=O) groups is 2. The summed E-state index contributed by atoms with van der Waals surface area (Å²) in [6.07, 6.45) is 6.33. The molecule has 1 aliphatic carbocycles. The third-order valence-corrected chi connectivity index (χ3v) is 6.45. The minimum Gasteiger partial charge on any atom is -0.379 e. The maximum Gasteiger partial charge on any atom is 0.317 e. The molecule has 7 heteroatoms. The van der Waals surface area contributed by atoms with Gasteiger partial charge in [-0.1, -0.05) is 26.7 Å². The van der Waals surface area contributed by atoms with Gasteiger partial charge < -0.3 is 20.3 Å². The molecule has 2 aliphatic heterocycles. The van der Waals surface area contributed by atoms with Gasteiger partial charge in [0.15, 0.2) is 0 Å². The summed E-state index contributed by atoms with van der Waals surface area (Å²) in [7, 11) is 0. The maximum absolute atomic E-state index is 13.0. The Morgan fingerprint density at radius 3 is 2.43 bits per heavy atom. The zero-order valence-corrected chi connectivity index (χ0v) is 17.6. The molecular formula is C21H38N4O3. The first-order valence-electron chi connectivity index (χ1n) is 11.2. The van der Waals surface area contributed by atoms with Crippen LogP contribution in [0.3, 0.4) is 0 Å². The zero-order valence-electron chi connectivity index (χ0n) is 17.6. The standard InChI is InChI=1S/C21H38N4O3/c1-16(2)19(15-24-10-12-28-13-11-24)23-20(26)17-6-5-9-25(14-17)21(27)22-18-7-3-4-8-18/h16-19H,3-15H2,1-2H3,(H,22,27)(H,23,26)/t17-,19+/m1/s1. The number of morpholine rings is 1. The third kappa shape index (κ3) is 6.08. The quantitative estimate of drug-likeness (QED) is 0.721. The summed E-state index contributed by atoms with van der Waals surface area (Å²) in [5, 5.41) is 6.44. The van der Waals surface area contributed by atoms with Gasteiger partial charge in [0.2, 0.25) is 5.91 Å². The average Bonchev–Trinajstić information content (AvgIpc) is 3.21. The van der Waals surface area contributed by atoms with Crippen LogP contribution in [0.5, 0.6) is 0 Å². The summed E-state index contributed by atoms with van der Waals surface area (Å²) < 4.78 is 5.43. The van der Waals surface area contributed by atoms with Gasteiger partial charge in [-0.2, -0.15) is 0 Å². The number of piperidine rings is 1. The Hall–Kier alpha value is -1.34. The minimum atomic E-state index is -0.103. The monoisotopic (exact) mass is 394 g/mol. The van der Waals surface area contributed by atoms with Crippen molar-refractivity contribution in [3.05, 3.63) is 0 Å². The van der Waals surface area contributed by atoms with Gasteiger partial charge in [-0.15, -0.1) is 0 Å². The molecule has 0 aromatic carbocycles. The minimum absolute atomic E-state index is 0.0122. The van der Waals surface area contributed by atoms with Gasteiger partial charge in [-0.05, 0) is 31.6 Å². The van der Waals surface area contributed by atoms with Crippen molar-refractivity contribution >= 4 is 11.9 Å². The van der Waals surface area contributed by atoms with E-state index in [4.69, 9.17) is 4.74 Å². The predicted molar refractivity (Wildman–Crippen MR) is 109 cm³/mol. The fourth-order valence-electron chi connectivity index (χ4n) is 4.50. The first-order valence-corrected chi connectivity index (χ1v) is 11.2. The first kappa shape index (κ1) is 21.4. The lowest BCUT2D eigenvalue weighted by Crippen LogP contribution is -2.54. The van der Waals surface area contributed by atoms with Crippen LogP contribution in [0.15, 0.2) is 0 Å². The molecule has 0 radical (unpaired) electrons. The van der Waals surface area contributed by atoms with Gasteiger partial charge in [0, 0.05) is 44.8 Å². The van der Waals surface area contributed by atoms with Crippen molar-refractivity contribution in [2.24, 2.45) is 11.8 Å². The average molecular weight is 395 g/mol. The van der Waals surface area contributed by atoms with Gasteiger partial charge in [0.25, 0.3) is 0 Å². The molecule has 2 atom stereocenters. The number of likely N-dealkylation sites (tertiary alicyclic amines) is 1. The second-order valence-corrected chi connectivity index (χ2v) is 8.99. The molecule has 3 fully saturated rings. The zero-order chi connectivity index (χ0) is 19.9. The van der Waals surface area contributed by atoms with E-state index in [-0.39, 0.29) is 23.9 Å². The van der Waals surface area contributed by atoms with E-state index in [9.17, 15) is 9.59 Å². The van der Waals surface area contributed by atoms with E-state index in [1.807, 2.05) is 4.90 Å². The Labute approximate surface area is 169 Å². The number of amides is 3. The van der Waals surface area contributed by atoms with Crippen LogP contribution in [-0.2, 0) is 9.53 Å². The largest absolute Gasteiger partial charge is 0.379 e. The Bertz CT molecular complexity index is 516. The van der Waals surface area contributed by atoms with Crippen molar-refractivity contribution in [1.82, 2.24) is 20.4 Å². The first-order chi connectivity index (χ1) is 13.5. The molecule has 0 spiro atoms. The van der Waals surface area contributed by atoms with E-state index in [2.05, 4.69) is 29.4 Å². The highest BCUT2D eigenvalue weighted by Crippen LogP contribution is 2.21. The number of carbonyl (C=O) groups excluding carboxylic acids is 2. The van der Waals surface area contributed by atoms with Gasteiger partial charge in [-0.3, -0.25) is 9.69 Å². The van der Waals surface area contributed by atoms with Crippen molar-refractivity contribution in [3.63, 3.8) is 0 Å². The second kappa shape index (κ2) is 10.4. The second-order valence-electron chi connectivity index (χ2n) is 8.99. The van der Waals surface area contributed by atoms with E-state index in [0.29, 0.717) is 18.5 Å². The van der Waals surface area contributed by atoms with Gasteiger partial charge in [0.05, 0.1) is 19.1 Å². The molecule has 0 unspecified atom stereocenters. The molecule has 0 aromatic heterocycles. The number of hydrogen-bond donors (Lipinski definition) is 2. The molecule has 3 amide bonds. The lowest BCUT2D eigenvalue weighted by molar-refractivity contribution is -0.127. The molecule has 160 valence electrons. The number of nitrogens with zero attached hydrogens (tertiary/aromatic N) is 2. The Balaban J connectivity index is 1.49. The van der Waals surface area contributed by atoms with Crippen LogP contribution in [0.4, 0.5) is 4.79 Å². The maximum atomic E-state index is 13.0. The molecule has 2 N–H and O–H groups in total. The van der Waals surface area contributed by atoms with Crippen molar-refractivity contribution in [3.8, 4) is 0 Å². The number of rotatable bonds is 6. The summed E-state index contributed by atoms with van der Waals surface area (Å²) >= 11 is 0. The smallest absolute Gasteiger partial charge is 0.317 e. The lowest BCUT2D eigenvalue weighted by atomic mass is 9.95. The molecule has 7 nitrogen and oxygen atoms in total. The highest BCUT2D eigenvalue weighted by Gasteiger charge is 2.31. The van der Waals surface area contributed by atoms with Gasteiger partial charge >= 0.3 is 6.03 Å². The van der Waals surface area contributed by atoms with E-state index >= 15 is 0 Å². The van der Waals surface area contributed by atoms with Crippen LogP contribution in [0.25, 0.3) is 0 Å². The summed E-state index contributed by atoms with van der Waals surface area (Å²) in [5.41, 5.74) is 0. The van der Waals surface area contributed by atoms with Gasteiger partial charge in [0.1, 0.15) is 0 Å². The van der Waals surface area contributed by atoms with Crippen molar-refractivity contribution in [1.29, 1.82) is 0 Å². The summed E-state index contributed by atoms with van der Waals surface area (Å²) in [6, 6.07) is 0.465. The van der Waals surface area contributed by atoms with E-state index in [1.54, 1.807) is 0 Å². The normalized spacial score (nSPS) is 25.7. The molecule has 2 saturated heterocycles. The molecule has 28 heavy (non-hydrogen) atoms. The van der Waals surface area contributed by atoms with E-state index in [1.165, 1.54) is 12.8 Å². The predicted octanol–water partition coefficient (Wildman–Crippen LogP) is 1.82. The molecule has 1 saturated carbocycles. The van der Waals surface area contributed by atoms with Crippen LogP contribution in [0.1, 0.15) is 52.4 Å². The molecule has 0 aromatic rings. The van der Waals surface area contributed by atoms with Crippen molar-refractivity contribution < 1.29 is 14.3 Å². The molecular weight excluding hydrogens is 356 g/mol. The lowest BCUT2D eigenvalue weighted by Gasteiger charge is -2.36. The number of urea groups is 1. The van der Waals surface area contributed by atoms with Crippen LogP contribution < -0.4 is 10.6 Å². The van der Waals surface area contributed by atoms with Crippen LogP contribution in [0.2, 0.25) is 0 Å². The fourth-order valence-corrected chi connectivity index (χ4v) is 4.50. The van der Waals surface area contributed by atoms with Crippen molar-refractivity contribution in [2.45, 2.75) is 64.5 Å². The Morgan fingerprint density at radius 2 is 1.75 bits per heavy atom. The summed E-state index contributed by atoms with van der Waals surface area (Å²) in [6.45, 7) is 9.87. The SMILES string of the molecule is CC(C)[C@H](CN1CCOCC1)NC(=O)[C@@H]1CCCN(C(=O)NC2CCCC2)C1. The third-order valence-electron chi connectivity index (χ3n) is 6.45. The Morgan fingerprint density at radius 1 is 1.04 bits per heavy atom. The molecule has 0 bridgehead atoms. The number of hydrogen-bond acceptors (Lipinski definition) is 4. The molecule has 3 rings (SSSR count). The van der Waals surface area contributed by atoms with Crippen LogP contribution in [0, 0.1) is 11.8 Å². The molecule has 3 aliphatic rings. The van der Waals surface area contributed by atoms with Crippen LogP contribution >= 0.6 is 0 Å². The van der Waals surface area contributed by atoms with Gasteiger partial charge in [-0.25, -0.2) is 4.79 Å². The van der Waals surface area contributed by atoms with Crippen molar-refractivity contribution in [2.75, 3.05) is 45.9 Å². The highest BCUT2D eigenvalue weighted by atomic mass is 16.5. The van der Waals surface area contributed by atoms with E-state index < -0.39 is 0 Å². The van der Waals surface area contributed by atoms with Crippen LogP contribution in [-0.4, -0.2) is 79.8 Å². The molecule has 2 heterocycles. The Kier molecular flexibility index (Phi) is 7.97. The number of ether oxygens (including phenoxy) is 1. The number of nitrogens with one attached hydrogen (secondary N) is 2. The highest BCUT2D eigenvalue weighted by molar-refractivity contribution is 5.81. The summed E-state index contributed by atoms with van der Waals surface area (Å²) in [5.74, 6) is 0.372.